The second-order valence-corrected chi connectivity index (χ2v) is 4.66. The Hall–Kier alpha value is -2.24. The van der Waals surface area contributed by atoms with E-state index < -0.39 is 12.1 Å². The van der Waals surface area contributed by atoms with Crippen LogP contribution in [0.1, 0.15) is 34.6 Å². The van der Waals surface area contributed by atoms with E-state index in [1.807, 2.05) is 4.57 Å². The second-order valence-electron chi connectivity index (χ2n) is 4.66. The Morgan fingerprint density at radius 2 is 2.30 bits per heavy atom. The first kappa shape index (κ1) is 14.2. The molecule has 1 aromatic heterocycles. The summed E-state index contributed by atoms with van der Waals surface area (Å²) < 4.78 is 6.65. The van der Waals surface area contributed by atoms with Gasteiger partial charge in [-0.2, -0.15) is 0 Å². The summed E-state index contributed by atoms with van der Waals surface area (Å²) in [5.74, 6) is -0.936. The molecule has 1 aliphatic rings. The number of ether oxygens (including phenoxy) is 1. The van der Waals surface area contributed by atoms with E-state index in [4.69, 9.17) is 4.74 Å². The smallest absolute Gasteiger partial charge is 0.407 e. The van der Waals surface area contributed by atoms with Crippen LogP contribution in [0.3, 0.4) is 0 Å². The second kappa shape index (κ2) is 6.27. The Balaban J connectivity index is 2.10. The quantitative estimate of drug-likeness (QED) is 0.806. The van der Waals surface area contributed by atoms with Crippen LogP contribution < -0.4 is 5.32 Å². The Morgan fingerprint density at radius 1 is 1.50 bits per heavy atom. The fourth-order valence-corrected chi connectivity index (χ4v) is 2.44. The number of amides is 1. The van der Waals surface area contributed by atoms with Gasteiger partial charge in [0, 0.05) is 18.8 Å². The SMILES string of the molecule is C=CCOC(=O)NCc1cc(C(=O)O)n2c1CCCC2. The summed E-state index contributed by atoms with van der Waals surface area (Å²) in [6.07, 6.45) is 3.82. The minimum Gasteiger partial charge on any atom is -0.477 e. The highest BCUT2D eigenvalue weighted by Crippen LogP contribution is 2.23. The predicted molar refractivity (Wildman–Crippen MR) is 72.7 cm³/mol. The van der Waals surface area contributed by atoms with Crippen LogP contribution >= 0.6 is 0 Å². The first-order valence-electron chi connectivity index (χ1n) is 6.59. The van der Waals surface area contributed by atoms with Crippen LogP contribution in [0.4, 0.5) is 4.79 Å². The number of carbonyl (C=O) groups is 2. The standard InChI is InChI=1S/C14H18N2O4/c1-2-7-20-14(19)15-9-10-8-12(13(17)18)16-6-4-3-5-11(10)16/h2,8H,1,3-7,9H2,(H,15,19)(H,17,18). The van der Waals surface area contributed by atoms with Gasteiger partial charge in [-0.3, -0.25) is 0 Å². The zero-order chi connectivity index (χ0) is 14.5. The van der Waals surface area contributed by atoms with Gasteiger partial charge in [0.25, 0.3) is 0 Å². The summed E-state index contributed by atoms with van der Waals surface area (Å²) in [5, 5.41) is 11.8. The monoisotopic (exact) mass is 278 g/mol. The highest BCUT2D eigenvalue weighted by molar-refractivity contribution is 5.86. The van der Waals surface area contributed by atoms with Crippen molar-refractivity contribution in [2.45, 2.75) is 32.4 Å². The third-order valence-electron chi connectivity index (χ3n) is 3.32. The van der Waals surface area contributed by atoms with Crippen LogP contribution in [0.25, 0.3) is 0 Å². The maximum atomic E-state index is 11.4. The maximum Gasteiger partial charge on any atom is 0.407 e. The minimum absolute atomic E-state index is 0.153. The van der Waals surface area contributed by atoms with Gasteiger partial charge in [0.15, 0.2) is 0 Å². The molecule has 2 N–H and O–H groups in total. The third kappa shape index (κ3) is 3.01. The van der Waals surface area contributed by atoms with Crippen molar-refractivity contribution in [3.8, 4) is 0 Å². The highest BCUT2D eigenvalue weighted by Gasteiger charge is 2.21. The number of aromatic carboxylic acids is 1. The summed E-state index contributed by atoms with van der Waals surface area (Å²) in [6.45, 7) is 4.61. The van der Waals surface area contributed by atoms with Crippen molar-refractivity contribution in [3.63, 3.8) is 0 Å². The first-order valence-corrected chi connectivity index (χ1v) is 6.59. The maximum absolute atomic E-state index is 11.4. The van der Waals surface area contributed by atoms with Crippen LogP contribution in [-0.4, -0.2) is 28.3 Å². The molecule has 0 saturated carbocycles. The van der Waals surface area contributed by atoms with Gasteiger partial charge in [0.05, 0.1) is 0 Å². The Morgan fingerprint density at radius 3 is 3.00 bits per heavy atom. The number of hydrogen-bond acceptors (Lipinski definition) is 3. The van der Waals surface area contributed by atoms with E-state index >= 15 is 0 Å². The Labute approximate surface area is 117 Å². The van der Waals surface area contributed by atoms with Gasteiger partial charge >= 0.3 is 12.1 Å². The van der Waals surface area contributed by atoms with Crippen LogP contribution in [-0.2, 0) is 24.2 Å². The molecule has 2 rings (SSSR count). The number of carboxylic acid groups (broad SMARTS) is 1. The Kier molecular flexibility index (Phi) is 4.45. The number of rotatable bonds is 5. The lowest BCUT2D eigenvalue weighted by Gasteiger charge is -2.18. The lowest BCUT2D eigenvalue weighted by atomic mass is 10.1. The molecule has 6 nitrogen and oxygen atoms in total. The van der Waals surface area contributed by atoms with Crippen molar-refractivity contribution in [3.05, 3.63) is 35.7 Å². The molecular weight excluding hydrogens is 260 g/mol. The van der Waals surface area contributed by atoms with Crippen molar-refractivity contribution in [1.29, 1.82) is 0 Å². The molecule has 20 heavy (non-hydrogen) atoms. The summed E-state index contributed by atoms with van der Waals surface area (Å²) in [4.78, 5) is 22.6. The molecule has 0 atom stereocenters. The number of nitrogens with zero attached hydrogens (tertiary/aromatic N) is 1. The fourth-order valence-electron chi connectivity index (χ4n) is 2.44. The molecule has 108 valence electrons. The van der Waals surface area contributed by atoms with Gasteiger partial charge < -0.3 is 19.7 Å². The van der Waals surface area contributed by atoms with E-state index in [0.717, 1.165) is 37.1 Å². The van der Waals surface area contributed by atoms with Crippen molar-refractivity contribution in [2.24, 2.45) is 0 Å². The van der Waals surface area contributed by atoms with Gasteiger partial charge in [-0.15, -0.1) is 0 Å². The highest BCUT2D eigenvalue weighted by atomic mass is 16.5. The number of aromatic nitrogens is 1. The van der Waals surface area contributed by atoms with E-state index in [9.17, 15) is 14.7 Å². The fraction of sp³-hybridized carbons (Fsp3) is 0.429. The van der Waals surface area contributed by atoms with Crippen LogP contribution in [0.5, 0.6) is 0 Å². The van der Waals surface area contributed by atoms with Crippen LogP contribution in [0.2, 0.25) is 0 Å². The number of nitrogens with one attached hydrogen (secondary N) is 1. The molecule has 0 radical (unpaired) electrons. The van der Waals surface area contributed by atoms with Gasteiger partial charge in [0.1, 0.15) is 12.3 Å². The molecule has 0 unspecified atom stereocenters. The van der Waals surface area contributed by atoms with Gasteiger partial charge in [0.2, 0.25) is 0 Å². The lowest BCUT2D eigenvalue weighted by molar-refractivity contribution is 0.0683. The minimum atomic E-state index is -0.936. The average Bonchev–Trinajstić information content (AvgIpc) is 2.82. The van der Waals surface area contributed by atoms with Gasteiger partial charge in [-0.25, -0.2) is 9.59 Å². The summed E-state index contributed by atoms with van der Waals surface area (Å²) >= 11 is 0. The summed E-state index contributed by atoms with van der Waals surface area (Å²) in [7, 11) is 0. The molecule has 0 aliphatic carbocycles. The predicted octanol–water partition coefficient (Wildman–Crippen LogP) is 1.93. The lowest BCUT2D eigenvalue weighted by Crippen LogP contribution is -2.24. The van der Waals surface area contributed by atoms with Crippen molar-refractivity contribution >= 4 is 12.1 Å². The zero-order valence-electron chi connectivity index (χ0n) is 11.2. The zero-order valence-corrected chi connectivity index (χ0v) is 11.2. The molecule has 1 amide bonds. The largest absolute Gasteiger partial charge is 0.477 e. The van der Waals surface area contributed by atoms with E-state index in [1.54, 1.807) is 6.07 Å². The first-order chi connectivity index (χ1) is 9.63. The van der Waals surface area contributed by atoms with E-state index in [1.165, 1.54) is 6.08 Å². The molecule has 0 spiro atoms. The normalized spacial score (nSPS) is 13.4. The van der Waals surface area contributed by atoms with E-state index in [-0.39, 0.29) is 18.8 Å². The summed E-state index contributed by atoms with van der Waals surface area (Å²) in [5.41, 5.74) is 2.13. The van der Waals surface area contributed by atoms with Gasteiger partial charge in [-0.05, 0) is 30.9 Å². The number of hydrogen-bond donors (Lipinski definition) is 2. The van der Waals surface area contributed by atoms with Crippen molar-refractivity contribution in [1.82, 2.24) is 9.88 Å². The summed E-state index contributed by atoms with van der Waals surface area (Å²) in [6, 6.07) is 1.64. The molecule has 1 aromatic rings. The third-order valence-corrected chi connectivity index (χ3v) is 3.32. The number of carboxylic acids is 1. The molecule has 0 fully saturated rings. The number of carbonyl (C=O) groups excluding carboxylic acids is 1. The Bertz CT molecular complexity index is 534. The van der Waals surface area contributed by atoms with Gasteiger partial charge in [-0.1, -0.05) is 12.7 Å². The van der Waals surface area contributed by atoms with Crippen LogP contribution in [0.15, 0.2) is 18.7 Å². The van der Waals surface area contributed by atoms with Crippen LogP contribution in [0, 0.1) is 0 Å². The number of fused-ring (bicyclic) bond motifs is 1. The van der Waals surface area contributed by atoms with Crippen molar-refractivity contribution < 1.29 is 19.4 Å². The molecule has 1 aliphatic heterocycles. The average molecular weight is 278 g/mol. The molecule has 0 aromatic carbocycles. The van der Waals surface area contributed by atoms with E-state index in [2.05, 4.69) is 11.9 Å². The molecule has 2 heterocycles. The molecular formula is C14H18N2O4. The van der Waals surface area contributed by atoms with Crippen molar-refractivity contribution in [2.75, 3.05) is 6.61 Å². The number of alkyl carbamates (subject to hydrolysis) is 1. The molecule has 0 saturated heterocycles. The topological polar surface area (TPSA) is 80.6 Å². The molecule has 6 heteroatoms. The molecule has 0 bridgehead atoms. The van der Waals surface area contributed by atoms with E-state index in [0.29, 0.717) is 0 Å².